The molecular formula is C15H22N4. The van der Waals surface area contributed by atoms with E-state index in [4.69, 9.17) is 5.73 Å². The Balaban J connectivity index is 2.37. The molecule has 0 aliphatic carbocycles. The molecule has 0 saturated carbocycles. The van der Waals surface area contributed by atoms with Gasteiger partial charge in [-0.2, -0.15) is 0 Å². The number of rotatable bonds is 5. The maximum absolute atomic E-state index is 5.90. The quantitative estimate of drug-likeness (QED) is 0.637. The number of nitrogens with two attached hydrogens (primary N) is 1. The molecule has 2 aromatic rings. The number of nitrogen functional groups attached to an aromatic ring is 1. The molecule has 2 rings (SSSR count). The van der Waals surface area contributed by atoms with E-state index in [2.05, 4.69) is 28.3 Å². The van der Waals surface area contributed by atoms with Crippen molar-refractivity contribution >= 4 is 22.3 Å². The molecule has 0 amide bonds. The van der Waals surface area contributed by atoms with Crippen molar-refractivity contribution in [2.75, 3.05) is 37.8 Å². The molecule has 0 radical (unpaired) electrons. The van der Waals surface area contributed by atoms with Gasteiger partial charge in [0.2, 0.25) is 0 Å². The minimum absolute atomic E-state index is 0.781. The number of hydrogen-bond donors (Lipinski definition) is 2. The summed E-state index contributed by atoms with van der Waals surface area (Å²) in [5.74, 6) is 0. The van der Waals surface area contributed by atoms with Gasteiger partial charge in [0.25, 0.3) is 0 Å². The second kappa shape index (κ2) is 5.89. The zero-order chi connectivity index (χ0) is 13.8. The second-order valence-electron chi connectivity index (χ2n) is 4.94. The van der Waals surface area contributed by atoms with Crippen LogP contribution in [0.4, 0.5) is 11.4 Å². The van der Waals surface area contributed by atoms with Crippen LogP contribution < -0.4 is 16.0 Å². The number of hydrogen-bond acceptors (Lipinski definition) is 4. The number of fused-ring (bicyclic) bond motifs is 1. The van der Waals surface area contributed by atoms with Crippen LogP contribution in [0.25, 0.3) is 10.9 Å². The Morgan fingerprint density at radius 1 is 1.32 bits per heavy atom. The first-order valence-corrected chi connectivity index (χ1v) is 6.64. The first-order valence-electron chi connectivity index (χ1n) is 6.64. The van der Waals surface area contributed by atoms with Crippen molar-refractivity contribution in [1.29, 1.82) is 0 Å². The molecule has 4 nitrogen and oxygen atoms in total. The van der Waals surface area contributed by atoms with Crippen LogP contribution >= 0.6 is 0 Å². The fourth-order valence-electron chi connectivity index (χ4n) is 2.28. The van der Waals surface area contributed by atoms with E-state index in [1.54, 1.807) is 0 Å². The summed E-state index contributed by atoms with van der Waals surface area (Å²) in [7, 11) is 4.10. The van der Waals surface area contributed by atoms with E-state index in [1.807, 2.05) is 32.2 Å². The molecule has 102 valence electrons. The first kappa shape index (κ1) is 13.6. The lowest BCUT2D eigenvalue weighted by molar-refractivity contribution is 0.713. The van der Waals surface area contributed by atoms with Crippen molar-refractivity contribution in [3.8, 4) is 0 Å². The number of aromatic nitrogens is 1. The zero-order valence-electron chi connectivity index (χ0n) is 11.9. The van der Waals surface area contributed by atoms with E-state index in [-0.39, 0.29) is 0 Å². The average Bonchev–Trinajstić information content (AvgIpc) is 2.38. The summed E-state index contributed by atoms with van der Waals surface area (Å²) in [5, 5.41) is 4.30. The molecule has 0 atom stereocenters. The molecule has 0 unspecified atom stereocenters. The molecule has 1 aromatic heterocycles. The van der Waals surface area contributed by atoms with Crippen molar-refractivity contribution < 1.29 is 0 Å². The van der Waals surface area contributed by atoms with Crippen LogP contribution in [-0.4, -0.2) is 32.2 Å². The Bertz CT molecular complexity index is 565. The number of aryl methyl sites for hydroxylation is 1. The smallest absolute Gasteiger partial charge is 0.0727 e. The molecule has 0 bridgehead atoms. The highest BCUT2D eigenvalue weighted by molar-refractivity contribution is 5.93. The highest BCUT2D eigenvalue weighted by Gasteiger charge is 2.08. The van der Waals surface area contributed by atoms with Crippen molar-refractivity contribution in [1.82, 2.24) is 10.3 Å². The molecule has 0 aliphatic heterocycles. The SMILES string of the molecule is CNCCCN(C)c1cc(C)nc2ccc(N)cc12. The number of nitrogens with zero attached hydrogens (tertiary/aromatic N) is 2. The third-order valence-corrected chi connectivity index (χ3v) is 3.27. The fraction of sp³-hybridized carbons (Fsp3) is 0.400. The lowest BCUT2D eigenvalue weighted by atomic mass is 10.1. The second-order valence-corrected chi connectivity index (χ2v) is 4.94. The predicted molar refractivity (Wildman–Crippen MR) is 82.7 cm³/mol. The van der Waals surface area contributed by atoms with Crippen molar-refractivity contribution in [3.63, 3.8) is 0 Å². The maximum atomic E-state index is 5.90. The number of pyridine rings is 1. The molecule has 1 aromatic carbocycles. The van der Waals surface area contributed by atoms with E-state index < -0.39 is 0 Å². The summed E-state index contributed by atoms with van der Waals surface area (Å²) in [4.78, 5) is 6.83. The third-order valence-electron chi connectivity index (χ3n) is 3.27. The number of nitrogens with one attached hydrogen (secondary N) is 1. The zero-order valence-corrected chi connectivity index (χ0v) is 11.9. The highest BCUT2D eigenvalue weighted by Crippen LogP contribution is 2.27. The van der Waals surface area contributed by atoms with Gasteiger partial charge in [0.05, 0.1) is 5.52 Å². The molecule has 1 heterocycles. The van der Waals surface area contributed by atoms with Gasteiger partial charge in [-0.15, -0.1) is 0 Å². The molecule has 3 N–H and O–H groups in total. The van der Waals surface area contributed by atoms with Gasteiger partial charge >= 0.3 is 0 Å². The molecule has 0 saturated heterocycles. The summed E-state index contributed by atoms with van der Waals surface area (Å²) >= 11 is 0. The van der Waals surface area contributed by atoms with E-state index in [9.17, 15) is 0 Å². The van der Waals surface area contributed by atoms with Gasteiger partial charge in [-0.1, -0.05) is 0 Å². The van der Waals surface area contributed by atoms with E-state index >= 15 is 0 Å². The van der Waals surface area contributed by atoms with Crippen molar-refractivity contribution in [2.24, 2.45) is 0 Å². The van der Waals surface area contributed by atoms with Gasteiger partial charge in [0.15, 0.2) is 0 Å². The monoisotopic (exact) mass is 258 g/mol. The standard InChI is InChI=1S/C15H22N4/c1-11-9-15(19(3)8-4-7-17-2)13-10-12(16)5-6-14(13)18-11/h5-6,9-10,17H,4,7-8,16H2,1-3H3. The van der Waals surface area contributed by atoms with Gasteiger partial charge in [-0.05, 0) is 51.2 Å². The van der Waals surface area contributed by atoms with Crippen LogP contribution in [0, 0.1) is 6.92 Å². The van der Waals surface area contributed by atoms with Crippen LogP contribution in [0.5, 0.6) is 0 Å². The minimum atomic E-state index is 0.781. The van der Waals surface area contributed by atoms with Crippen LogP contribution in [-0.2, 0) is 0 Å². The highest BCUT2D eigenvalue weighted by atomic mass is 15.1. The summed E-state index contributed by atoms with van der Waals surface area (Å²) in [6.45, 7) is 4.06. The molecule has 0 fully saturated rings. The Morgan fingerprint density at radius 2 is 2.11 bits per heavy atom. The normalized spacial score (nSPS) is 10.9. The van der Waals surface area contributed by atoms with Gasteiger partial charge in [0.1, 0.15) is 0 Å². The maximum Gasteiger partial charge on any atom is 0.0727 e. The molecule has 0 spiro atoms. The number of anilines is 2. The predicted octanol–water partition coefficient (Wildman–Crippen LogP) is 2.17. The largest absolute Gasteiger partial charge is 0.399 e. The summed E-state index contributed by atoms with van der Waals surface area (Å²) < 4.78 is 0. The lowest BCUT2D eigenvalue weighted by Gasteiger charge is -2.21. The lowest BCUT2D eigenvalue weighted by Crippen LogP contribution is -2.22. The third kappa shape index (κ3) is 3.15. The van der Waals surface area contributed by atoms with Crippen molar-refractivity contribution in [3.05, 3.63) is 30.0 Å². The topological polar surface area (TPSA) is 54.2 Å². The van der Waals surface area contributed by atoms with Crippen LogP contribution in [0.1, 0.15) is 12.1 Å². The van der Waals surface area contributed by atoms with Gasteiger partial charge < -0.3 is 16.0 Å². The van der Waals surface area contributed by atoms with Crippen LogP contribution in [0.2, 0.25) is 0 Å². The van der Waals surface area contributed by atoms with Gasteiger partial charge in [-0.25, -0.2) is 0 Å². The van der Waals surface area contributed by atoms with Gasteiger partial charge in [0, 0.05) is 36.0 Å². The Hall–Kier alpha value is -1.81. The Kier molecular flexibility index (Phi) is 4.22. The molecular weight excluding hydrogens is 236 g/mol. The fourth-order valence-corrected chi connectivity index (χ4v) is 2.28. The summed E-state index contributed by atoms with van der Waals surface area (Å²) in [6, 6.07) is 8.02. The van der Waals surface area contributed by atoms with Crippen molar-refractivity contribution in [2.45, 2.75) is 13.3 Å². The Morgan fingerprint density at radius 3 is 2.84 bits per heavy atom. The summed E-state index contributed by atoms with van der Waals surface area (Å²) in [6.07, 6.45) is 1.11. The van der Waals surface area contributed by atoms with Gasteiger partial charge in [-0.3, -0.25) is 4.98 Å². The Labute approximate surface area is 114 Å². The number of benzene rings is 1. The molecule has 4 heteroatoms. The molecule has 0 aliphatic rings. The van der Waals surface area contributed by atoms with E-state index in [0.717, 1.165) is 41.8 Å². The van der Waals surface area contributed by atoms with E-state index in [1.165, 1.54) is 5.69 Å². The van der Waals surface area contributed by atoms with Crippen LogP contribution in [0.15, 0.2) is 24.3 Å². The summed E-state index contributed by atoms with van der Waals surface area (Å²) in [5.41, 5.74) is 9.92. The molecule has 19 heavy (non-hydrogen) atoms. The van der Waals surface area contributed by atoms with E-state index in [0.29, 0.717) is 0 Å². The average molecular weight is 258 g/mol. The minimum Gasteiger partial charge on any atom is -0.399 e. The van der Waals surface area contributed by atoms with Crippen LogP contribution in [0.3, 0.4) is 0 Å². The first-order chi connectivity index (χ1) is 9.11.